The summed E-state index contributed by atoms with van der Waals surface area (Å²) in [6.07, 6.45) is 0. The van der Waals surface area contributed by atoms with Gasteiger partial charge < -0.3 is 18.9 Å². The van der Waals surface area contributed by atoms with Crippen molar-refractivity contribution in [2.75, 3.05) is 4.90 Å². The first kappa shape index (κ1) is 33.5. The molecule has 2 aliphatic heterocycles. The zero-order chi connectivity index (χ0) is 39.7. The minimum absolute atomic E-state index is 0.0714. The van der Waals surface area contributed by atoms with Crippen LogP contribution >= 0.6 is 0 Å². The van der Waals surface area contributed by atoms with E-state index in [1.165, 1.54) is 54.8 Å². The molecule has 0 saturated carbocycles. The normalized spacial score (nSPS) is 13.9. The van der Waals surface area contributed by atoms with E-state index in [0.29, 0.717) is 0 Å². The highest BCUT2D eigenvalue weighted by molar-refractivity contribution is 6.98. The molecule has 282 valence electrons. The second kappa shape index (κ2) is 12.3. The lowest BCUT2D eigenvalue weighted by Crippen LogP contribution is -2.57. The molecule has 13 rings (SSSR count). The van der Waals surface area contributed by atoms with Crippen LogP contribution in [0.3, 0.4) is 0 Å². The van der Waals surface area contributed by atoms with Crippen LogP contribution in [0, 0.1) is 0 Å². The number of anilines is 3. The fourth-order valence-electron chi connectivity index (χ4n) is 10.6. The monoisotopic (exact) mass is 768 g/mol. The number of aromatic nitrogens is 1. The van der Waals surface area contributed by atoms with Crippen molar-refractivity contribution < 1.29 is 9.47 Å². The third-order valence-electron chi connectivity index (χ3n) is 13.3. The standard InChI is InChI=1S/C55H37BN2O2/c1-55(2)42-24-14-23-39-47(57(34-16-6-3-7-17-34)35-18-8-4-9-19-35)29-28-38(53(39)42)40-31-51-45(32-43(40)55)56-44-30-41-37-22-12-13-25-46(37)58(36-20-10-5-11-21-36)48(41)33-52(44)60-50-27-15-26-49(59-51)54(50)56/h3-33H,1-2H3. The van der Waals surface area contributed by atoms with Crippen LogP contribution in [0.25, 0.3) is 49.4 Å². The Kier molecular flexibility index (Phi) is 6.84. The van der Waals surface area contributed by atoms with E-state index in [1.807, 2.05) is 6.07 Å². The predicted molar refractivity (Wildman–Crippen MR) is 248 cm³/mol. The lowest BCUT2D eigenvalue weighted by Gasteiger charge is -2.39. The van der Waals surface area contributed by atoms with Gasteiger partial charge in [0.05, 0.1) is 16.7 Å². The molecule has 0 bridgehead atoms. The summed E-state index contributed by atoms with van der Waals surface area (Å²) in [6.45, 7) is 4.70. The molecule has 5 heteroatoms. The van der Waals surface area contributed by atoms with E-state index in [2.05, 4.69) is 205 Å². The van der Waals surface area contributed by atoms with E-state index in [0.717, 1.165) is 62.2 Å². The second-order valence-electron chi connectivity index (χ2n) is 16.8. The van der Waals surface area contributed by atoms with Crippen molar-refractivity contribution in [3.05, 3.63) is 199 Å². The van der Waals surface area contributed by atoms with E-state index in [4.69, 9.17) is 9.47 Å². The molecular weight excluding hydrogens is 731 g/mol. The topological polar surface area (TPSA) is 26.6 Å². The molecule has 1 aliphatic carbocycles. The number of para-hydroxylation sites is 4. The lowest BCUT2D eigenvalue weighted by molar-refractivity contribution is 0.464. The van der Waals surface area contributed by atoms with Crippen molar-refractivity contribution >= 4 is 72.7 Å². The number of hydrogen-bond donors (Lipinski definition) is 0. The van der Waals surface area contributed by atoms with Gasteiger partial charge in [-0.05, 0) is 105 Å². The van der Waals surface area contributed by atoms with E-state index < -0.39 is 0 Å². The first-order valence-corrected chi connectivity index (χ1v) is 20.8. The quantitative estimate of drug-likeness (QED) is 0.167. The van der Waals surface area contributed by atoms with E-state index in [-0.39, 0.29) is 12.1 Å². The fourth-order valence-corrected chi connectivity index (χ4v) is 10.6. The van der Waals surface area contributed by atoms with Crippen LogP contribution in [0.4, 0.5) is 17.1 Å². The van der Waals surface area contributed by atoms with Gasteiger partial charge in [0.1, 0.15) is 23.0 Å². The first-order chi connectivity index (χ1) is 29.5. The third-order valence-corrected chi connectivity index (χ3v) is 13.3. The molecule has 0 atom stereocenters. The highest BCUT2D eigenvalue weighted by atomic mass is 16.5. The molecule has 9 aromatic carbocycles. The largest absolute Gasteiger partial charge is 0.458 e. The summed E-state index contributed by atoms with van der Waals surface area (Å²) in [5.41, 5.74) is 15.0. The average Bonchev–Trinajstić information content (AvgIpc) is 3.61. The Balaban J connectivity index is 1.03. The van der Waals surface area contributed by atoms with Gasteiger partial charge in [0.25, 0.3) is 6.71 Å². The van der Waals surface area contributed by atoms with Gasteiger partial charge in [-0.2, -0.15) is 0 Å². The molecule has 0 radical (unpaired) electrons. The lowest BCUT2D eigenvalue weighted by atomic mass is 9.34. The summed E-state index contributed by atoms with van der Waals surface area (Å²) < 4.78 is 16.2. The van der Waals surface area contributed by atoms with Gasteiger partial charge in [0.15, 0.2) is 0 Å². The van der Waals surface area contributed by atoms with Crippen molar-refractivity contribution in [1.82, 2.24) is 4.57 Å². The zero-order valence-electron chi connectivity index (χ0n) is 33.2. The van der Waals surface area contributed by atoms with E-state index in [9.17, 15) is 0 Å². The number of nitrogens with zero attached hydrogens (tertiary/aromatic N) is 2. The molecule has 3 heterocycles. The van der Waals surface area contributed by atoms with Gasteiger partial charge in [0, 0.05) is 50.2 Å². The highest BCUT2D eigenvalue weighted by Crippen LogP contribution is 2.53. The number of hydrogen-bond acceptors (Lipinski definition) is 3. The van der Waals surface area contributed by atoms with Crippen LogP contribution in [0.2, 0.25) is 0 Å². The fraction of sp³-hybridized carbons (Fsp3) is 0.0545. The molecule has 0 N–H and O–H groups in total. The number of ether oxygens (including phenoxy) is 2. The van der Waals surface area contributed by atoms with Gasteiger partial charge in [-0.1, -0.05) is 129 Å². The van der Waals surface area contributed by atoms with Crippen molar-refractivity contribution in [3.8, 4) is 39.8 Å². The van der Waals surface area contributed by atoms with Crippen molar-refractivity contribution in [1.29, 1.82) is 0 Å². The van der Waals surface area contributed by atoms with Crippen LogP contribution in [-0.2, 0) is 5.41 Å². The van der Waals surface area contributed by atoms with Crippen LogP contribution in [0.15, 0.2) is 188 Å². The molecule has 0 saturated heterocycles. The molecular formula is C55H37BN2O2. The third kappa shape index (κ3) is 4.57. The van der Waals surface area contributed by atoms with Gasteiger partial charge in [-0.15, -0.1) is 0 Å². The summed E-state index contributed by atoms with van der Waals surface area (Å²) >= 11 is 0. The molecule has 4 nitrogen and oxygen atoms in total. The first-order valence-electron chi connectivity index (χ1n) is 20.8. The summed E-state index contributed by atoms with van der Waals surface area (Å²) in [5.74, 6) is 3.47. The van der Waals surface area contributed by atoms with Crippen LogP contribution in [-0.4, -0.2) is 11.3 Å². The Morgan fingerprint density at radius 2 is 1.08 bits per heavy atom. The van der Waals surface area contributed by atoms with E-state index >= 15 is 0 Å². The van der Waals surface area contributed by atoms with Gasteiger partial charge in [-0.25, -0.2) is 0 Å². The average molecular weight is 769 g/mol. The zero-order valence-corrected chi connectivity index (χ0v) is 33.2. The molecule has 0 spiro atoms. The molecule has 60 heavy (non-hydrogen) atoms. The minimum Gasteiger partial charge on any atom is -0.458 e. The molecule has 0 unspecified atom stereocenters. The van der Waals surface area contributed by atoms with Crippen molar-refractivity contribution in [2.45, 2.75) is 19.3 Å². The Morgan fingerprint density at radius 3 is 1.82 bits per heavy atom. The maximum absolute atomic E-state index is 6.96. The van der Waals surface area contributed by atoms with Crippen molar-refractivity contribution in [3.63, 3.8) is 0 Å². The van der Waals surface area contributed by atoms with Crippen molar-refractivity contribution in [2.24, 2.45) is 0 Å². The van der Waals surface area contributed by atoms with Gasteiger partial charge in [0.2, 0.25) is 0 Å². The number of benzene rings is 9. The molecule has 0 amide bonds. The summed E-state index contributed by atoms with van der Waals surface area (Å²) in [5, 5.41) is 4.94. The van der Waals surface area contributed by atoms with Crippen LogP contribution in [0.1, 0.15) is 25.0 Å². The number of rotatable bonds is 4. The summed E-state index contributed by atoms with van der Waals surface area (Å²) in [4.78, 5) is 2.38. The molecule has 1 aromatic heterocycles. The molecule has 0 fully saturated rings. The summed E-state index contributed by atoms with van der Waals surface area (Å²) in [6, 6.07) is 67.9. The van der Waals surface area contributed by atoms with E-state index in [1.54, 1.807) is 0 Å². The Morgan fingerprint density at radius 1 is 0.467 bits per heavy atom. The minimum atomic E-state index is -0.305. The number of fused-ring (bicyclic) bond motifs is 9. The maximum Gasteiger partial charge on any atom is 0.260 e. The maximum atomic E-state index is 6.96. The Bertz CT molecular complexity index is 3370. The molecule has 10 aromatic rings. The van der Waals surface area contributed by atoms with Gasteiger partial charge >= 0.3 is 0 Å². The second-order valence-corrected chi connectivity index (χ2v) is 16.8. The van der Waals surface area contributed by atoms with Crippen LogP contribution in [0.5, 0.6) is 23.0 Å². The SMILES string of the molecule is CC1(C)c2cc3c(cc2-c2ccc(N(c4ccccc4)c4ccccc4)c4cccc1c24)Oc1cccc2c1B3c1cc3c4ccccc4n(-c4ccccc4)c3cc1O2. The van der Waals surface area contributed by atoms with Gasteiger partial charge in [-0.3, -0.25) is 0 Å². The Labute approximate surface area is 348 Å². The van der Waals surface area contributed by atoms with Crippen LogP contribution < -0.4 is 30.8 Å². The smallest absolute Gasteiger partial charge is 0.260 e. The Hall–Kier alpha value is -7.50. The molecule has 3 aliphatic rings. The highest BCUT2D eigenvalue weighted by Gasteiger charge is 2.43. The predicted octanol–water partition coefficient (Wildman–Crippen LogP) is 12.4. The summed E-state index contributed by atoms with van der Waals surface area (Å²) in [7, 11) is 0.